The van der Waals surface area contributed by atoms with Gasteiger partial charge in [-0.15, -0.1) is 0 Å². The van der Waals surface area contributed by atoms with Gasteiger partial charge in [0.05, 0.1) is 7.11 Å². The third kappa shape index (κ3) is 1.37. The summed E-state index contributed by atoms with van der Waals surface area (Å²) in [5.74, 6) is -0.464. The van der Waals surface area contributed by atoms with Crippen molar-refractivity contribution in [2.45, 2.75) is 6.92 Å². The zero-order chi connectivity index (χ0) is 11.9. The third-order valence-corrected chi connectivity index (χ3v) is 2.31. The summed E-state index contributed by atoms with van der Waals surface area (Å²) in [6.45, 7) is 1.62. The fourth-order valence-corrected chi connectivity index (χ4v) is 1.58. The van der Waals surface area contributed by atoms with Gasteiger partial charge < -0.3 is 19.4 Å². The van der Waals surface area contributed by atoms with E-state index in [2.05, 4.69) is 0 Å². The van der Waals surface area contributed by atoms with Crippen LogP contribution < -0.4 is 10.4 Å². The molecule has 0 fully saturated rings. The molecule has 0 aliphatic carbocycles. The minimum absolute atomic E-state index is 0.0519. The van der Waals surface area contributed by atoms with Crippen LogP contribution >= 0.6 is 0 Å². The van der Waals surface area contributed by atoms with E-state index in [1.54, 1.807) is 13.0 Å². The van der Waals surface area contributed by atoms with Crippen LogP contribution in [0.15, 0.2) is 21.3 Å². The second kappa shape index (κ2) is 3.44. The Hall–Kier alpha value is -2.17. The lowest BCUT2D eigenvalue weighted by molar-refractivity contribution is 0.352. The van der Waals surface area contributed by atoms with Gasteiger partial charge in [-0.2, -0.15) is 0 Å². The van der Waals surface area contributed by atoms with Gasteiger partial charge in [-0.25, -0.2) is 4.79 Å². The molecule has 0 spiro atoms. The molecule has 0 aliphatic rings. The highest BCUT2D eigenvalue weighted by atomic mass is 16.5. The van der Waals surface area contributed by atoms with Gasteiger partial charge in [-0.3, -0.25) is 0 Å². The first-order valence-electron chi connectivity index (χ1n) is 4.58. The quantitative estimate of drug-likeness (QED) is 0.715. The first-order valence-corrected chi connectivity index (χ1v) is 4.58. The van der Waals surface area contributed by atoms with Crippen molar-refractivity contribution in [2.24, 2.45) is 0 Å². The van der Waals surface area contributed by atoms with Crippen molar-refractivity contribution in [1.29, 1.82) is 0 Å². The SMILES string of the molecule is COc1cc2cc(C)oc(=O)c2c(O)c1O. The Balaban J connectivity index is 2.98. The summed E-state index contributed by atoms with van der Waals surface area (Å²) in [6, 6.07) is 3.05. The summed E-state index contributed by atoms with van der Waals surface area (Å²) in [5, 5.41) is 19.6. The predicted molar refractivity (Wildman–Crippen MR) is 57.1 cm³/mol. The van der Waals surface area contributed by atoms with Crippen LogP contribution in [0.1, 0.15) is 5.76 Å². The number of methoxy groups -OCH3 is 1. The molecular formula is C11H10O5. The van der Waals surface area contributed by atoms with E-state index in [0.29, 0.717) is 11.1 Å². The Kier molecular flexibility index (Phi) is 2.23. The second-order valence-corrected chi connectivity index (χ2v) is 3.38. The third-order valence-electron chi connectivity index (χ3n) is 2.31. The Labute approximate surface area is 90.5 Å². The van der Waals surface area contributed by atoms with E-state index in [-0.39, 0.29) is 11.1 Å². The van der Waals surface area contributed by atoms with Crippen LogP contribution in [0.4, 0.5) is 0 Å². The molecule has 16 heavy (non-hydrogen) atoms. The van der Waals surface area contributed by atoms with Crippen LogP contribution in [0.3, 0.4) is 0 Å². The summed E-state index contributed by atoms with van der Waals surface area (Å²) >= 11 is 0. The Morgan fingerprint density at radius 3 is 2.56 bits per heavy atom. The lowest BCUT2D eigenvalue weighted by Crippen LogP contribution is -2.01. The molecule has 0 saturated heterocycles. The Morgan fingerprint density at radius 2 is 1.94 bits per heavy atom. The van der Waals surface area contributed by atoms with Crippen LogP contribution in [0.2, 0.25) is 0 Å². The summed E-state index contributed by atoms with van der Waals surface area (Å²) in [7, 11) is 1.36. The van der Waals surface area contributed by atoms with Crippen LogP contribution in [0.5, 0.6) is 17.2 Å². The van der Waals surface area contributed by atoms with E-state index >= 15 is 0 Å². The summed E-state index contributed by atoms with van der Waals surface area (Å²) in [5.41, 5.74) is -0.689. The maximum absolute atomic E-state index is 11.5. The standard InChI is InChI=1S/C11H10O5/c1-5-3-6-4-7(15-2)9(12)10(13)8(6)11(14)16-5/h3-4,12-13H,1-2H3. The second-order valence-electron chi connectivity index (χ2n) is 3.38. The number of aromatic hydroxyl groups is 2. The number of phenols is 2. The van der Waals surface area contributed by atoms with Gasteiger partial charge in [0.15, 0.2) is 11.5 Å². The number of aryl methyl sites for hydroxylation is 1. The molecule has 0 unspecified atom stereocenters. The Bertz CT molecular complexity index is 612. The highest BCUT2D eigenvalue weighted by Crippen LogP contribution is 2.40. The van der Waals surface area contributed by atoms with E-state index in [0.717, 1.165) is 0 Å². The molecule has 5 nitrogen and oxygen atoms in total. The first kappa shape index (κ1) is 10.4. The maximum Gasteiger partial charge on any atom is 0.347 e. The Morgan fingerprint density at radius 1 is 1.25 bits per heavy atom. The number of hydrogen-bond donors (Lipinski definition) is 2. The van der Waals surface area contributed by atoms with Crippen LogP contribution in [-0.4, -0.2) is 17.3 Å². The van der Waals surface area contributed by atoms with Crippen molar-refractivity contribution < 1.29 is 19.4 Å². The van der Waals surface area contributed by atoms with Gasteiger partial charge in [0.1, 0.15) is 11.1 Å². The van der Waals surface area contributed by atoms with E-state index in [4.69, 9.17) is 9.15 Å². The average molecular weight is 222 g/mol. The molecule has 5 heteroatoms. The highest BCUT2D eigenvalue weighted by molar-refractivity contribution is 5.91. The van der Waals surface area contributed by atoms with Crippen LogP contribution in [0, 0.1) is 6.92 Å². The van der Waals surface area contributed by atoms with Crippen molar-refractivity contribution in [3.8, 4) is 17.2 Å². The van der Waals surface area contributed by atoms with E-state index < -0.39 is 17.1 Å². The highest BCUT2D eigenvalue weighted by Gasteiger charge is 2.16. The number of fused-ring (bicyclic) bond motifs is 1. The molecule has 0 aliphatic heterocycles. The van der Waals surface area contributed by atoms with E-state index in [1.807, 2.05) is 0 Å². The summed E-state index contributed by atoms with van der Waals surface area (Å²) in [6.07, 6.45) is 0. The number of ether oxygens (including phenoxy) is 1. The van der Waals surface area contributed by atoms with E-state index in [1.165, 1.54) is 13.2 Å². The first-order chi connectivity index (χ1) is 7.54. The van der Waals surface area contributed by atoms with Gasteiger partial charge in [0.2, 0.25) is 5.75 Å². The van der Waals surface area contributed by atoms with Gasteiger partial charge in [0.25, 0.3) is 0 Å². The summed E-state index contributed by atoms with van der Waals surface area (Å²) < 4.78 is 9.70. The molecule has 2 aromatic rings. The van der Waals surface area contributed by atoms with Gasteiger partial charge in [-0.1, -0.05) is 0 Å². The molecule has 0 saturated carbocycles. The average Bonchev–Trinajstić information content (AvgIpc) is 2.22. The van der Waals surface area contributed by atoms with Crippen LogP contribution in [0.25, 0.3) is 10.8 Å². The molecule has 1 aromatic heterocycles. The molecular weight excluding hydrogens is 212 g/mol. The van der Waals surface area contributed by atoms with Gasteiger partial charge >= 0.3 is 5.63 Å². The lowest BCUT2D eigenvalue weighted by Gasteiger charge is -2.07. The van der Waals surface area contributed by atoms with Crippen molar-refractivity contribution in [2.75, 3.05) is 7.11 Å². The van der Waals surface area contributed by atoms with E-state index in [9.17, 15) is 15.0 Å². The number of hydrogen-bond acceptors (Lipinski definition) is 5. The summed E-state index contributed by atoms with van der Waals surface area (Å²) in [4.78, 5) is 11.5. The van der Waals surface area contributed by atoms with Crippen LogP contribution in [-0.2, 0) is 0 Å². The molecule has 0 amide bonds. The van der Waals surface area contributed by atoms with Crippen molar-refractivity contribution >= 4 is 10.8 Å². The minimum atomic E-state index is -0.689. The van der Waals surface area contributed by atoms with Crippen molar-refractivity contribution in [1.82, 2.24) is 0 Å². The minimum Gasteiger partial charge on any atom is -0.504 e. The number of rotatable bonds is 1. The van der Waals surface area contributed by atoms with Gasteiger partial charge in [0, 0.05) is 5.39 Å². The monoisotopic (exact) mass is 222 g/mol. The molecule has 0 radical (unpaired) electrons. The molecule has 2 N–H and O–H groups in total. The molecule has 1 heterocycles. The fourth-order valence-electron chi connectivity index (χ4n) is 1.58. The zero-order valence-electron chi connectivity index (χ0n) is 8.77. The predicted octanol–water partition coefficient (Wildman–Crippen LogP) is 1.52. The molecule has 84 valence electrons. The largest absolute Gasteiger partial charge is 0.504 e. The van der Waals surface area contributed by atoms with Crippen molar-refractivity contribution in [3.63, 3.8) is 0 Å². The fraction of sp³-hybridized carbons (Fsp3) is 0.182. The zero-order valence-corrected chi connectivity index (χ0v) is 8.77. The smallest absolute Gasteiger partial charge is 0.347 e. The lowest BCUT2D eigenvalue weighted by atomic mass is 10.1. The van der Waals surface area contributed by atoms with Gasteiger partial charge in [-0.05, 0) is 19.1 Å². The van der Waals surface area contributed by atoms with Crippen molar-refractivity contribution in [3.05, 3.63) is 28.3 Å². The molecule has 1 aromatic carbocycles. The molecule has 0 bridgehead atoms. The topological polar surface area (TPSA) is 79.9 Å². The molecule has 2 rings (SSSR count). The normalized spacial score (nSPS) is 10.6. The maximum atomic E-state index is 11.5. The number of benzene rings is 1. The molecule has 0 atom stereocenters. The number of phenolic OH excluding ortho intramolecular Hbond substituents is 2.